The normalized spacial score (nSPS) is 14.2. The Hall–Kier alpha value is -3.07. The summed E-state index contributed by atoms with van der Waals surface area (Å²) in [6.45, 7) is 1.18. The molecule has 1 saturated heterocycles. The van der Waals surface area contributed by atoms with Gasteiger partial charge in [0.2, 0.25) is 11.8 Å². The van der Waals surface area contributed by atoms with Crippen LogP contribution in [0.5, 0.6) is 0 Å². The highest BCUT2D eigenvalue weighted by Crippen LogP contribution is 2.26. The molecule has 0 spiro atoms. The van der Waals surface area contributed by atoms with Crippen molar-refractivity contribution in [1.82, 2.24) is 19.6 Å². The Morgan fingerprint density at radius 1 is 1.10 bits per heavy atom. The smallest absolute Gasteiger partial charge is 0.324 e. The second-order valence-corrected chi connectivity index (χ2v) is 8.03. The van der Waals surface area contributed by atoms with Crippen molar-refractivity contribution in [2.24, 2.45) is 0 Å². The summed E-state index contributed by atoms with van der Waals surface area (Å²) < 4.78 is 1.78. The lowest BCUT2D eigenvalue weighted by molar-refractivity contribution is -0.136. The lowest BCUT2D eigenvalue weighted by Crippen LogP contribution is -2.40. The van der Waals surface area contributed by atoms with Crippen LogP contribution < -0.4 is 10.6 Å². The highest BCUT2D eigenvalue weighted by molar-refractivity contribution is 6.33. The van der Waals surface area contributed by atoms with Gasteiger partial charge in [0.15, 0.2) is 0 Å². The highest BCUT2D eigenvalue weighted by Gasteiger charge is 2.26. The molecule has 166 valence electrons. The fourth-order valence-corrected chi connectivity index (χ4v) is 3.68. The average Bonchev–Trinajstić information content (AvgIpc) is 3.21. The summed E-state index contributed by atoms with van der Waals surface area (Å²) in [4.78, 5) is 39.7. The number of halogens is 1. The van der Waals surface area contributed by atoms with Crippen molar-refractivity contribution in [2.75, 3.05) is 37.8 Å². The molecule has 2 heterocycles. The first-order valence-electron chi connectivity index (χ1n) is 10.2. The molecule has 31 heavy (non-hydrogen) atoms. The van der Waals surface area contributed by atoms with E-state index in [0.29, 0.717) is 29.6 Å². The Kier molecular flexibility index (Phi) is 7.51. The number of nitrogens with one attached hydrogen (secondary N) is 2. The molecule has 3 rings (SSSR count). The van der Waals surface area contributed by atoms with E-state index in [1.165, 1.54) is 4.90 Å². The van der Waals surface area contributed by atoms with E-state index in [9.17, 15) is 14.4 Å². The van der Waals surface area contributed by atoms with Crippen LogP contribution >= 0.6 is 11.6 Å². The maximum atomic E-state index is 12.4. The van der Waals surface area contributed by atoms with Crippen molar-refractivity contribution in [1.29, 1.82) is 0 Å². The van der Waals surface area contributed by atoms with Crippen LogP contribution in [-0.2, 0) is 9.59 Å². The third-order valence-electron chi connectivity index (χ3n) is 5.25. The predicted octanol–water partition coefficient (Wildman–Crippen LogP) is 3.21. The second-order valence-electron chi connectivity index (χ2n) is 7.62. The molecule has 0 atom stereocenters. The number of hydrogen-bond donors (Lipinski definition) is 2. The number of aromatic nitrogens is 2. The molecule has 0 bridgehead atoms. The minimum atomic E-state index is -0.409. The van der Waals surface area contributed by atoms with Crippen LogP contribution in [0.1, 0.15) is 31.7 Å². The minimum absolute atomic E-state index is 0.00780. The van der Waals surface area contributed by atoms with Crippen LogP contribution in [0.25, 0.3) is 0 Å². The van der Waals surface area contributed by atoms with E-state index in [1.807, 2.05) is 0 Å². The number of carbonyl (C=O) groups excluding carboxylic acids is 3. The quantitative estimate of drug-likeness (QED) is 0.711. The van der Waals surface area contributed by atoms with E-state index >= 15 is 0 Å². The van der Waals surface area contributed by atoms with Crippen molar-refractivity contribution in [3.8, 4) is 0 Å². The van der Waals surface area contributed by atoms with E-state index in [2.05, 4.69) is 15.7 Å². The number of piperidine rings is 1. The molecule has 0 saturated carbocycles. The number of para-hydroxylation sites is 1. The van der Waals surface area contributed by atoms with Gasteiger partial charge in [-0.15, -0.1) is 0 Å². The predicted molar refractivity (Wildman–Crippen MR) is 119 cm³/mol. The molecule has 10 heteroatoms. The van der Waals surface area contributed by atoms with Crippen LogP contribution in [0.15, 0.2) is 36.5 Å². The highest BCUT2D eigenvalue weighted by atomic mass is 35.5. The zero-order valence-corrected chi connectivity index (χ0v) is 18.4. The van der Waals surface area contributed by atoms with Crippen molar-refractivity contribution in [3.05, 3.63) is 41.6 Å². The van der Waals surface area contributed by atoms with Crippen LogP contribution in [0.4, 0.5) is 16.3 Å². The summed E-state index contributed by atoms with van der Waals surface area (Å²) >= 11 is 6.08. The molecule has 1 aliphatic rings. The van der Waals surface area contributed by atoms with Gasteiger partial charge in [-0.25, -0.2) is 9.48 Å². The number of nitrogens with zero attached hydrogens (tertiary/aromatic N) is 4. The molecule has 0 aliphatic carbocycles. The SMILES string of the molecule is CN(C)C(=O)CCC(=O)N1CCC(n2nccc2NC(=O)Nc2ccccc2Cl)CC1. The molecule has 1 fully saturated rings. The molecule has 0 unspecified atom stereocenters. The summed E-state index contributed by atoms with van der Waals surface area (Å²) in [7, 11) is 3.37. The van der Waals surface area contributed by atoms with E-state index in [-0.39, 0.29) is 30.7 Å². The molecule has 0 radical (unpaired) electrons. The molecule has 4 amide bonds. The Labute approximate surface area is 186 Å². The maximum absolute atomic E-state index is 12.4. The van der Waals surface area contributed by atoms with Crippen LogP contribution in [0, 0.1) is 0 Å². The van der Waals surface area contributed by atoms with Gasteiger partial charge >= 0.3 is 6.03 Å². The fourth-order valence-electron chi connectivity index (χ4n) is 3.49. The molecule has 2 aromatic rings. The number of rotatable bonds is 6. The molecule has 1 aromatic heterocycles. The number of anilines is 2. The minimum Gasteiger partial charge on any atom is -0.349 e. The van der Waals surface area contributed by atoms with Crippen LogP contribution in [0.2, 0.25) is 5.02 Å². The van der Waals surface area contributed by atoms with Gasteiger partial charge in [-0.3, -0.25) is 14.9 Å². The van der Waals surface area contributed by atoms with E-state index in [1.54, 1.807) is 60.2 Å². The van der Waals surface area contributed by atoms with Crippen LogP contribution in [-0.4, -0.2) is 64.6 Å². The van der Waals surface area contributed by atoms with Gasteiger partial charge in [0.25, 0.3) is 0 Å². The summed E-state index contributed by atoms with van der Waals surface area (Å²) in [5.41, 5.74) is 0.521. The van der Waals surface area contributed by atoms with E-state index < -0.39 is 6.03 Å². The lowest BCUT2D eigenvalue weighted by Gasteiger charge is -2.32. The summed E-state index contributed by atoms with van der Waals surface area (Å²) in [6, 6.07) is 8.39. The second kappa shape index (κ2) is 10.3. The summed E-state index contributed by atoms with van der Waals surface area (Å²) in [5.74, 6) is 0.517. The zero-order valence-electron chi connectivity index (χ0n) is 17.7. The monoisotopic (exact) mass is 446 g/mol. The van der Waals surface area contributed by atoms with Crippen molar-refractivity contribution < 1.29 is 14.4 Å². The molecular weight excluding hydrogens is 420 g/mol. The largest absolute Gasteiger partial charge is 0.349 e. The van der Waals surface area contributed by atoms with Gasteiger partial charge in [0.05, 0.1) is 22.9 Å². The average molecular weight is 447 g/mol. The molecular formula is C21H27ClN6O3. The number of carbonyl (C=O) groups is 3. The Bertz CT molecular complexity index is 937. The Morgan fingerprint density at radius 2 is 1.81 bits per heavy atom. The number of amides is 4. The lowest BCUT2D eigenvalue weighted by atomic mass is 10.0. The first-order valence-corrected chi connectivity index (χ1v) is 10.6. The van der Waals surface area contributed by atoms with E-state index in [0.717, 1.165) is 12.8 Å². The summed E-state index contributed by atoms with van der Waals surface area (Å²) in [5, 5.41) is 10.3. The van der Waals surface area contributed by atoms with Crippen molar-refractivity contribution in [2.45, 2.75) is 31.7 Å². The topological polar surface area (TPSA) is 99.6 Å². The first-order chi connectivity index (χ1) is 14.8. The summed E-state index contributed by atoms with van der Waals surface area (Å²) in [6.07, 6.45) is 3.51. The van der Waals surface area contributed by atoms with Crippen molar-refractivity contribution in [3.63, 3.8) is 0 Å². The molecule has 2 N–H and O–H groups in total. The van der Waals surface area contributed by atoms with E-state index in [4.69, 9.17) is 11.6 Å². The van der Waals surface area contributed by atoms with Gasteiger partial charge in [-0.2, -0.15) is 5.10 Å². The third kappa shape index (κ3) is 5.97. The van der Waals surface area contributed by atoms with Gasteiger partial charge in [-0.05, 0) is 25.0 Å². The Morgan fingerprint density at radius 3 is 2.48 bits per heavy atom. The fraction of sp³-hybridized carbons (Fsp3) is 0.429. The third-order valence-corrected chi connectivity index (χ3v) is 5.58. The first kappa shape index (κ1) is 22.6. The maximum Gasteiger partial charge on any atom is 0.324 e. The standard InChI is InChI=1S/C21H27ClN6O3/c1-26(2)19(29)7-8-20(30)27-13-10-15(11-14-27)28-18(9-12-23-28)25-21(31)24-17-6-4-3-5-16(17)22/h3-6,9,12,15H,7-8,10-11,13-14H2,1-2H3,(H2,24,25,31). The van der Waals surface area contributed by atoms with Gasteiger partial charge in [0, 0.05) is 46.1 Å². The number of urea groups is 1. The van der Waals surface area contributed by atoms with Gasteiger partial charge in [0.1, 0.15) is 5.82 Å². The number of benzene rings is 1. The Balaban J connectivity index is 1.52. The van der Waals surface area contributed by atoms with Gasteiger partial charge < -0.3 is 15.1 Å². The van der Waals surface area contributed by atoms with Gasteiger partial charge in [-0.1, -0.05) is 23.7 Å². The number of hydrogen-bond acceptors (Lipinski definition) is 4. The van der Waals surface area contributed by atoms with Crippen LogP contribution in [0.3, 0.4) is 0 Å². The molecule has 9 nitrogen and oxygen atoms in total. The zero-order chi connectivity index (χ0) is 22.4. The molecule has 1 aromatic carbocycles. The number of likely N-dealkylation sites (tertiary alicyclic amines) is 1. The van der Waals surface area contributed by atoms with Crippen molar-refractivity contribution >= 4 is 41.0 Å². The molecule has 1 aliphatic heterocycles.